The summed E-state index contributed by atoms with van der Waals surface area (Å²) in [6.07, 6.45) is 0. The largest absolute Gasteiger partial charge is 0.257 e. The molecule has 6 rings (SSSR count). The highest BCUT2D eigenvalue weighted by atomic mass is 19.1. The maximum absolute atomic E-state index is 15.1. The lowest BCUT2D eigenvalue weighted by Gasteiger charge is -2.36. The third-order valence-electron chi connectivity index (χ3n) is 8.24. The minimum Gasteiger partial charge on any atom is -0.255 e. The number of benzene rings is 4. The van der Waals surface area contributed by atoms with E-state index in [2.05, 4.69) is 47.3 Å². The molecule has 214 valence electrons. The van der Waals surface area contributed by atoms with Crippen LogP contribution in [-0.4, -0.2) is 9.97 Å². The van der Waals surface area contributed by atoms with Gasteiger partial charge in [0.15, 0.2) is 0 Å². The molecule has 0 aliphatic carbocycles. The summed E-state index contributed by atoms with van der Waals surface area (Å²) in [7, 11) is 0. The van der Waals surface area contributed by atoms with E-state index in [4.69, 9.17) is 16.5 Å². The summed E-state index contributed by atoms with van der Waals surface area (Å²) >= 11 is 0. The van der Waals surface area contributed by atoms with Crippen molar-refractivity contribution >= 4 is 5.69 Å². The number of hydrogen-bond donors (Lipinski definition) is 0. The molecule has 0 fully saturated rings. The first-order chi connectivity index (χ1) is 21.4. The standard InChI is InChI=1S/C39H29F2N3/c1-38(2,33-22-13-21-32(43-33)30-25-26-31(40)37(42-3)36(30)41)34-23-14-24-35(44-34)39(27-15-7-4-8-16-27,28-17-9-5-10-18-28)29-19-11-6-12-20-29/h4-26H,1-2H3. The highest BCUT2D eigenvalue weighted by Gasteiger charge is 2.40. The van der Waals surface area contributed by atoms with Crippen molar-refractivity contribution in [1.29, 1.82) is 0 Å². The molecular formula is C39H29F2N3. The average molecular weight is 578 g/mol. The second kappa shape index (κ2) is 11.7. The molecule has 0 atom stereocenters. The predicted octanol–water partition coefficient (Wildman–Crippen LogP) is 9.68. The maximum atomic E-state index is 15.1. The van der Waals surface area contributed by atoms with Crippen LogP contribution in [0, 0.1) is 18.2 Å². The lowest BCUT2D eigenvalue weighted by atomic mass is 9.67. The molecule has 0 radical (unpaired) electrons. The summed E-state index contributed by atoms with van der Waals surface area (Å²) in [5, 5.41) is 0. The molecule has 0 N–H and O–H groups in total. The summed E-state index contributed by atoms with van der Waals surface area (Å²) in [5.74, 6) is -1.81. The number of hydrogen-bond acceptors (Lipinski definition) is 2. The molecule has 0 bridgehead atoms. The minimum atomic E-state index is -0.916. The lowest BCUT2D eigenvalue weighted by Crippen LogP contribution is -2.33. The molecule has 0 amide bonds. The Bertz CT molecular complexity index is 1870. The first-order valence-electron chi connectivity index (χ1n) is 14.4. The molecule has 0 unspecified atom stereocenters. The van der Waals surface area contributed by atoms with Gasteiger partial charge in [-0.15, -0.1) is 0 Å². The van der Waals surface area contributed by atoms with E-state index in [9.17, 15) is 4.39 Å². The molecule has 4 aromatic carbocycles. The summed E-state index contributed by atoms with van der Waals surface area (Å²) in [6, 6.07) is 45.0. The monoisotopic (exact) mass is 577 g/mol. The van der Waals surface area contributed by atoms with Crippen molar-refractivity contribution in [2.24, 2.45) is 0 Å². The van der Waals surface area contributed by atoms with Gasteiger partial charge in [-0.3, -0.25) is 9.97 Å². The van der Waals surface area contributed by atoms with Crippen LogP contribution in [0.15, 0.2) is 140 Å². The van der Waals surface area contributed by atoms with Crippen LogP contribution in [0.3, 0.4) is 0 Å². The Kier molecular flexibility index (Phi) is 7.59. The Hall–Kier alpha value is -5.47. The van der Waals surface area contributed by atoms with Crippen molar-refractivity contribution < 1.29 is 8.78 Å². The molecule has 0 saturated carbocycles. The van der Waals surface area contributed by atoms with E-state index in [1.165, 1.54) is 6.07 Å². The maximum Gasteiger partial charge on any atom is 0.257 e. The van der Waals surface area contributed by atoms with Gasteiger partial charge in [0, 0.05) is 11.0 Å². The molecule has 0 spiro atoms. The van der Waals surface area contributed by atoms with Crippen LogP contribution < -0.4 is 0 Å². The van der Waals surface area contributed by atoms with E-state index >= 15 is 4.39 Å². The van der Waals surface area contributed by atoms with Crippen molar-refractivity contribution in [3.63, 3.8) is 0 Å². The van der Waals surface area contributed by atoms with Crippen molar-refractivity contribution in [2.75, 3.05) is 0 Å². The summed E-state index contributed by atoms with van der Waals surface area (Å²) in [5.41, 5.74) is 3.92. The van der Waals surface area contributed by atoms with Gasteiger partial charge in [0.25, 0.3) is 5.69 Å². The number of aromatic nitrogens is 2. The highest BCUT2D eigenvalue weighted by molar-refractivity contribution is 5.67. The molecule has 3 nitrogen and oxygen atoms in total. The molecular weight excluding hydrogens is 548 g/mol. The lowest BCUT2D eigenvalue weighted by molar-refractivity contribution is 0.581. The SMILES string of the molecule is [C-]#[N+]c1c(F)ccc(-c2cccc(C(C)(C)c3cccc(C(c4ccccc4)(c4ccccc4)c4ccccc4)n3)n2)c1F. The van der Waals surface area contributed by atoms with E-state index in [1.807, 2.05) is 86.6 Å². The van der Waals surface area contributed by atoms with Gasteiger partial charge in [-0.05, 0) is 66.9 Å². The Morgan fingerprint density at radius 1 is 0.545 bits per heavy atom. The third-order valence-corrected chi connectivity index (χ3v) is 8.24. The van der Waals surface area contributed by atoms with Gasteiger partial charge in [0.05, 0.1) is 34.8 Å². The van der Waals surface area contributed by atoms with Crippen molar-refractivity contribution in [3.8, 4) is 11.3 Å². The zero-order valence-corrected chi connectivity index (χ0v) is 24.4. The van der Waals surface area contributed by atoms with Gasteiger partial charge < -0.3 is 0 Å². The summed E-state index contributed by atoms with van der Waals surface area (Å²) in [4.78, 5) is 13.2. The fraction of sp³-hybridized carbons (Fsp3) is 0.103. The van der Waals surface area contributed by atoms with Crippen LogP contribution in [0.4, 0.5) is 14.5 Å². The van der Waals surface area contributed by atoms with Crippen molar-refractivity contribution in [3.05, 3.63) is 196 Å². The van der Waals surface area contributed by atoms with Crippen molar-refractivity contribution in [1.82, 2.24) is 9.97 Å². The second-order valence-electron chi connectivity index (χ2n) is 11.2. The molecule has 5 heteroatoms. The van der Waals surface area contributed by atoms with E-state index in [-0.39, 0.29) is 5.56 Å². The molecule has 0 aliphatic rings. The molecule has 2 heterocycles. The summed E-state index contributed by atoms with van der Waals surface area (Å²) in [6.45, 7) is 11.3. The van der Waals surface area contributed by atoms with Crippen LogP contribution in [0.2, 0.25) is 0 Å². The first kappa shape index (κ1) is 28.6. The van der Waals surface area contributed by atoms with Crippen LogP contribution >= 0.6 is 0 Å². The van der Waals surface area contributed by atoms with Crippen molar-refractivity contribution in [2.45, 2.75) is 24.7 Å². The van der Waals surface area contributed by atoms with Gasteiger partial charge in [-0.25, -0.2) is 13.6 Å². The van der Waals surface area contributed by atoms with Crippen LogP contribution in [0.5, 0.6) is 0 Å². The quantitative estimate of drug-likeness (QED) is 0.140. The smallest absolute Gasteiger partial charge is 0.255 e. The first-order valence-corrected chi connectivity index (χ1v) is 14.4. The number of halogens is 2. The normalized spacial score (nSPS) is 11.6. The highest BCUT2D eigenvalue weighted by Crippen LogP contribution is 2.45. The zero-order chi connectivity index (χ0) is 30.7. The fourth-order valence-corrected chi connectivity index (χ4v) is 5.91. The average Bonchev–Trinajstić information content (AvgIpc) is 3.07. The molecule has 2 aromatic heterocycles. The third kappa shape index (κ3) is 4.85. The Balaban J connectivity index is 1.54. The van der Waals surface area contributed by atoms with Crippen LogP contribution in [-0.2, 0) is 10.8 Å². The number of rotatable bonds is 7. The van der Waals surface area contributed by atoms with Gasteiger partial charge in [0.2, 0.25) is 0 Å². The molecule has 6 aromatic rings. The minimum absolute atomic E-state index is 0.0769. The predicted molar refractivity (Wildman–Crippen MR) is 171 cm³/mol. The van der Waals surface area contributed by atoms with Gasteiger partial charge in [0.1, 0.15) is 11.6 Å². The molecule has 0 aliphatic heterocycles. The van der Waals surface area contributed by atoms with E-state index in [0.29, 0.717) is 11.4 Å². The number of pyridine rings is 2. The Labute approximate surface area is 256 Å². The van der Waals surface area contributed by atoms with E-state index < -0.39 is 28.2 Å². The Morgan fingerprint density at radius 3 is 1.55 bits per heavy atom. The van der Waals surface area contributed by atoms with E-state index in [0.717, 1.165) is 34.1 Å². The van der Waals surface area contributed by atoms with Gasteiger partial charge in [-0.1, -0.05) is 103 Å². The number of nitrogens with zero attached hydrogens (tertiary/aromatic N) is 3. The fourth-order valence-electron chi connectivity index (χ4n) is 5.91. The van der Waals surface area contributed by atoms with E-state index in [1.54, 1.807) is 12.1 Å². The topological polar surface area (TPSA) is 30.1 Å². The van der Waals surface area contributed by atoms with Crippen LogP contribution in [0.25, 0.3) is 16.1 Å². The Morgan fingerprint density at radius 2 is 1.02 bits per heavy atom. The van der Waals surface area contributed by atoms with Gasteiger partial charge >= 0.3 is 0 Å². The molecule has 44 heavy (non-hydrogen) atoms. The van der Waals surface area contributed by atoms with Crippen LogP contribution in [0.1, 0.15) is 47.6 Å². The second-order valence-corrected chi connectivity index (χ2v) is 11.2. The summed E-state index contributed by atoms with van der Waals surface area (Å²) < 4.78 is 29.2. The molecule has 0 saturated heterocycles. The van der Waals surface area contributed by atoms with Gasteiger partial charge in [-0.2, -0.15) is 0 Å². The zero-order valence-electron chi connectivity index (χ0n) is 24.4.